The standard InChI is InChI=1S/C13H22N4O3S/c1-4-8-21(19,20)17-7-5-6-11(17)13(18)14-12-9(2)10(3)15-16-12/h11H,4-8H2,1-3H3,(H2,14,15,16,18). The van der Waals surface area contributed by atoms with Gasteiger partial charge in [-0.2, -0.15) is 9.40 Å². The van der Waals surface area contributed by atoms with Crippen LogP contribution in [0.1, 0.15) is 37.4 Å². The van der Waals surface area contributed by atoms with E-state index in [-0.39, 0.29) is 11.7 Å². The SMILES string of the molecule is CCCS(=O)(=O)N1CCCC1C(=O)Nc1n[nH]c(C)c1C. The van der Waals surface area contributed by atoms with Gasteiger partial charge in [-0.25, -0.2) is 8.42 Å². The molecule has 1 saturated heterocycles. The number of nitrogens with one attached hydrogen (secondary N) is 2. The minimum absolute atomic E-state index is 0.0807. The lowest BCUT2D eigenvalue weighted by atomic mass is 10.2. The second kappa shape index (κ2) is 6.15. The van der Waals surface area contributed by atoms with E-state index in [1.54, 1.807) is 0 Å². The van der Waals surface area contributed by atoms with Gasteiger partial charge >= 0.3 is 0 Å². The molecular formula is C13H22N4O3S. The van der Waals surface area contributed by atoms with Crippen molar-refractivity contribution in [3.05, 3.63) is 11.3 Å². The zero-order chi connectivity index (χ0) is 15.6. The normalized spacial score (nSPS) is 19.9. The lowest BCUT2D eigenvalue weighted by Crippen LogP contribution is -2.44. The third kappa shape index (κ3) is 3.26. The molecule has 118 valence electrons. The van der Waals surface area contributed by atoms with Crippen LogP contribution in [-0.2, 0) is 14.8 Å². The number of nitrogens with zero attached hydrogens (tertiary/aromatic N) is 2. The topological polar surface area (TPSA) is 95.2 Å². The van der Waals surface area contributed by atoms with Gasteiger partial charge in [0.25, 0.3) is 0 Å². The van der Waals surface area contributed by atoms with Gasteiger partial charge in [-0.15, -0.1) is 0 Å². The van der Waals surface area contributed by atoms with Crippen molar-refractivity contribution in [2.45, 2.75) is 46.1 Å². The highest BCUT2D eigenvalue weighted by atomic mass is 32.2. The summed E-state index contributed by atoms with van der Waals surface area (Å²) in [4.78, 5) is 12.4. The Balaban J connectivity index is 2.13. The van der Waals surface area contributed by atoms with Crippen LogP contribution >= 0.6 is 0 Å². The molecule has 1 aliphatic heterocycles. The second-order valence-corrected chi connectivity index (χ2v) is 7.44. The zero-order valence-corrected chi connectivity index (χ0v) is 13.5. The molecule has 0 spiro atoms. The molecule has 1 aromatic rings. The maximum Gasteiger partial charge on any atom is 0.244 e. The number of aromatic amines is 1. The number of hydrogen-bond donors (Lipinski definition) is 2. The van der Waals surface area contributed by atoms with Crippen LogP contribution in [0.4, 0.5) is 5.82 Å². The van der Waals surface area contributed by atoms with E-state index in [0.717, 1.165) is 11.3 Å². The van der Waals surface area contributed by atoms with Crippen LogP contribution in [0.2, 0.25) is 0 Å². The minimum Gasteiger partial charge on any atom is -0.308 e. The predicted molar refractivity (Wildman–Crippen MR) is 80.5 cm³/mol. The fourth-order valence-corrected chi connectivity index (χ4v) is 4.26. The number of sulfonamides is 1. The molecule has 1 atom stereocenters. The quantitative estimate of drug-likeness (QED) is 0.853. The number of rotatable bonds is 5. The highest BCUT2D eigenvalue weighted by Crippen LogP contribution is 2.24. The monoisotopic (exact) mass is 314 g/mol. The Morgan fingerprint density at radius 2 is 2.19 bits per heavy atom. The lowest BCUT2D eigenvalue weighted by Gasteiger charge is -2.22. The fraction of sp³-hybridized carbons (Fsp3) is 0.692. The van der Waals surface area contributed by atoms with Crippen LogP contribution in [0.3, 0.4) is 0 Å². The molecule has 0 aromatic carbocycles. The summed E-state index contributed by atoms with van der Waals surface area (Å²) < 4.78 is 25.7. The van der Waals surface area contributed by atoms with Gasteiger partial charge in [0.2, 0.25) is 15.9 Å². The summed E-state index contributed by atoms with van der Waals surface area (Å²) in [5.41, 5.74) is 1.75. The summed E-state index contributed by atoms with van der Waals surface area (Å²) in [5, 5.41) is 9.55. The van der Waals surface area contributed by atoms with Crippen LogP contribution in [-0.4, -0.2) is 47.2 Å². The van der Waals surface area contributed by atoms with Gasteiger partial charge in [0.05, 0.1) is 5.75 Å². The van der Waals surface area contributed by atoms with Gasteiger partial charge in [0.1, 0.15) is 6.04 Å². The summed E-state index contributed by atoms with van der Waals surface area (Å²) >= 11 is 0. The Morgan fingerprint density at radius 3 is 2.76 bits per heavy atom. The molecule has 0 bridgehead atoms. The van der Waals surface area contributed by atoms with Crippen molar-refractivity contribution in [1.29, 1.82) is 0 Å². The molecule has 0 saturated carbocycles. The zero-order valence-electron chi connectivity index (χ0n) is 12.6. The highest BCUT2D eigenvalue weighted by Gasteiger charge is 2.38. The average Bonchev–Trinajstić information content (AvgIpc) is 3.01. The maximum atomic E-state index is 12.4. The predicted octanol–water partition coefficient (Wildman–Crippen LogP) is 1.17. The van der Waals surface area contributed by atoms with Crippen LogP contribution in [0, 0.1) is 13.8 Å². The first kappa shape index (κ1) is 16.0. The Bertz CT molecular complexity index is 623. The van der Waals surface area contributed by atoms with E-state index in [9.17, 15) is 13.2 Å². The van der Waals surface area contributed by atoms with E-state index < -0.39 is 16.1 Å². The molecule has 21 heavy (non-hydrogen) atoms. The first-order chi connectivity index (χ1) is 9.86. The average molecular weight is 314 g/mol. The molecule has 1 unspecified atom stereocenters. The van der Waals surface area contributed by atoms with E-state index >= 15 is 0 Å². The summed E-state index contributed by atoms with van der Waals surface area (Å²) in [6.07, 6.45) is 1.81. The summed E-state index contributed by atoms with van der Waals surface area (Å²) in [7, 11) is -3.36. The van der Waals surface area contributed by atoms with Crippen LogP contribution in [0.5, 0.6) is 0 Å². The molecule has 1 aliphatic rings. The number of aryl methyl sites for hydroxylation is 1. The maximum absolute atomic E-state index is 12.4. The van der Waals surface area contributed by atoms with E-state index in [2.05, 4.69) is 15.5 Å². The van der Waals surface area contributed by atoms with E-state index in [0.29, 0.717) is 31.6 Å². The number of aromatic nitrogens is 2. The number of carbonyl (C=O) groups excluding carboxylic acids is 1. The molecule has 8 heteroatoms. The summed E-state index contributed by atoms with van der Waals surface area (Å²) in [5.74, 6) is 0.246. The second-order valence-electron chi connectivity index (χ2n) is 5.40. The molecular weight excluding hydrogens is 292 g/mol. The van der Waals surface area contributed by atoms with Crippen LogP contribution in [0.15, 0.2) is 0 Å². The van der Waals surface area contributed by atoms with Gasteiger partial charge in [-0.3, -0.25) is 9.89 Å². The summed E-state index contributed by atoms with van der Waals surface area (Å²) in [6.45, 7) is 5.96. The minimum atomic E-state index is -3.36. The van der Waals surface area contributed by atoms with Crippen molar-refractivity contribution >= 4 is 21.7 Å². The van der Waals surface area contributed by atoms with Crippen molar-refractivity contribution in [3.63, 3.8) is 0 Å². The van der Waals surface area contributed by atoms with Crippen molar-refractivity contribution in [2.24, 2.45) is 0 Å². The number of amides is 1. The van der Waals surface area contributed by atoms with E-state index in [1.165, 1.54) is 4.31 Å². The molecule has 0 radical (unpaired) electrons. The molecule has 0 aliphatic carbocycles. The van der Waals surface area contributed by atoms with Crippen molar-refractivity contribution in [3.8, 4) is 0 Å². The van der Waals surface area contributed by atoms with Crippen LogP contribution in [0.25, 0.3) is 0 Å². The van der Waals surface area contributed by atoms with Crippen LogP contribution < -0.4 is 5.32 Å². The Labute approximate surface area is 125 Å². The lowest BCUT2D eigenvalue weighted by molar-refractivity contribution is -0.119. The van der Waals surface area contributed by atoms with Crippen molar-refractivity contribution < 1.29 is 13.2 Å². The van der Waals surface area contributed by atoms with Gasteiger partial charge < -0.3 is 5.32 Å². The highest BCUT2D eigenvalue weighted by molar-refractivity contribution is 7.89. The number of hydrogen-bond acceptors (Lipinski definition) is 4. The number of H-pyrrole nitrogens is 1. The smallest absolute Gasteiger partial charge is 0.244 e. The summed E-state index contributed by atoms with van der Waals surface area (Å²) in [6, 6.07) is -0.627. The Morgan fingerprint density at radius 1 is 1.48 bits per heavy atom. The van der Waals surface area contributed by atoms with Crippen molar-refractivity contribution in [2.75, 3.05) is 17.6 Å². The first-order valence-corrected chi connectivity index (χ1v) is 8.79. The van der Waals surface area contributed by atoms with E-state index in [4.69, 9.17) is 0 Å². The molecule has 1 amide bonds. The number of carbonyl (C=O) groups is 1. The third-order valence-corrected chi connectivity index (χ3v) is 5.90. The molecule has 7 nitrogen and oxygen atoms in total. The molecule has 2 rings (SSSR count). The molecule has 1 aromatic heterocycles. The Hall–Kier alpha value is -1.41. The van der Waals surface area contributed by atoms with E-state index in [1.807, 2.05) is 20.8 Å². The Kier molecular flexibility index (Phi) is 4.67. The molecule has 2 heterocycles. The third-order valence-electron chi connectivity index (χ3n) is 3.82. The first-order valence-electron chi connectivity index (χ1n) is 7.18. The molecule has 1 fully saturated rings. The van der Waals surface area contributed by atoms with Crippen molar-refractivity contribution in [1.82, 2.24) is 14.5 Å². The fourth-order valence-electron chi connectivity index (χ4n) is 2.52. The van der Waals surface area contributed by atoms with Gasteiger partial charge in [-0.05, 0) is 33.1 Å². The van der Waals surface area contributed by atoms with Gasteiger partial charge in [0.15, 0.2) is 5.82 Å². The van der Waals surface area contributed by atoms with Gasteiger partial charge in [-0.1, -0.05) is 6.92 Å². The number of anilines is 1. The molecule has 2 N–H and O–H groups in total. The largest absolute Gasteiger partial charge is 0.308 e. The van der Waals surface area contributed by atoms with Gasteiger partial charge in [0, 0.05) is 17.8 Å².